The zero-order chi connectivity index (χ0) is 10.6. The van der Waals surface area contributed by atoms with Crippen molar-refractivity contribution in [2.24, 2.45) is 0 Å². The standard InChI is InChI=1S/C9H14N4O/c1-7-4-8(12-11-5-7)10-6-9(14)13(2)3/h4-5H,6H2,1-3H3,(H,10,12). The SMILES string of the molecule is Cc1cnnc(NCC(=O)N(C)C)c1. The second-order valence-electron chi connectivity index (χ2n) is 3.26. The van der Waals surface area contributed by atoms with Crippen molar-refractivity contribution in [3.05, 3.63) is 17.8 Å². The molecular formula is C9H14N4O. The Kier molecular flexibility index (Phi) is 3.39. The Hall–Kier alpha value is -1.65. The van der Waals surface area contributed by atoms with Gasteiger partial charge in [0.2, 0.25) is 5.91 Å². The van der Waals surface area contributed by atoms with E-state index in [1.165, 1.54) is 4.90 Å². The molecule has 0 spiro atoms. The maximum Gasteiger partial charge on any atom is 0.241 e. The highest BCUT2D eigenvalue weighted by Crippen LogP contribution is 2.02. The molecule has 5 heteroatoms. The molecule has 0 aromatic carbocycles. The van der Waals surface area contributed by atoms with Crippen LogP contribution in [-0.2, 0) is 4.79 Å². The summed E-state index contributed by atoms with van der Waals surface area (Å²) in [6, 6.07) is 1.84. The number of carbonyl (C=O) groups excluding carboxylic acids is 1. The third-order valence-corrected chi connectivity index (χ3v) is 1.71. The van der Waals surface area contributed by atoms with Crippen LogP contribution in [0.2, 0.25) is 0 Å². The van der Waals surface area contributed by atoms with Crippen LogP contribution < -0.4 is 5.32 Å². The fraction of sp³-hybridized carbons (Fsp3) is 0.444. The van der Waals surface area contributed by atoms with Crippen LogP contribution >= 0.6 is 0 Å². The Labute approximate surface area is 83.1 Å². The number of carbonyl (C=O) groups is 1. The van der Waals surface area contributed by atoms with Crippen LogP contribution in [0, 0.1) is 6.92 Å². The van der Waals surface area contributed by atoms with Crippen molar-refractivity contribution in [3.8, 4) is 0 Å². The van der Waals surface area contributed by atoms with E-state index in [0.29, 0.717) is 5.82 Å². The number of nitrogens with one attached hydrogen (secondary N) is 1. The number of rotatable bonds is 3. The summed E-state index contributed by atoms with van der Waals surface area (Å²) in [6.45, 7) is 2.17. The largest absolute Gasteiger partial charge is 0.360 e. The van der Waals surface area contributed by atoms with Gasteiger partial charge in [-0.1, -0.05) is 0 Å². The number of nitrogens with zero attached hydrogens (tertiary/aromatic N) is 3. The predicted octanol–water partition coefficient (Wildman–Crippen LogP) is 0.285. The number of aryl methyl sites for hydroxylation is 1. The van der Waals surface area contributed by atoms with Crippen molar-refractivity contribution in [1.29, 1.82) is 0 Å². The van der Waals surface area contributed by atoms with Crippen LogP contribution in [0.25, 0.3) is 0 Å². The van der Waals surface area contributed by atoms with Gasteiger partial charge in [0.15, 0.2) is 0 Å². The zero-order valence-electron chi connectivity index (χ0n) is 8.61. The van der Waals surface area contributed by atoms with E-state index in [9.17, 15) is 4.79 Å². The first kappa shape index (κ1) is 10.4. The Morgan fingerprint density at radius 3 is 2.86 bits per heavy atom. The van der Waals surface area contributed by atoms with Gasteiger partial charge < -0.3 is 10.2 Å². The van der Waals surface area contributed by atoms with Crippen molar-refractivity contribution < 1.29 is 4.79 Å². The van der Waals surface area contributed by atoms with Crippen molar-refractivity contribution >= 4 is 11.7 Å². The minimum atomic E-state index is 0.00769. The Morgan fingerprint density at radius 2 is 2.29 bits per heavy atom. The molecule has 5 nitrogen and oxygen atoms in total. The monoisotopic (exact) mass is 194 g/mol. The van der Waals surface area contributed by atoms with Crippen LogP contribution in [-0.4, -0.2) is 41.6 Å². The fourth-order valence-corrected chi connectivity index (χ4v) is 0.875. The summed E-state index contributed by atoms with van der Waals surface area (Å²) in [7, 11) is 3.43. The van der Waals surface area contributed by atoms with Crippen molar-refractivity contribution in [3.63, 3.8) is 0 Å². The average molecular weight is 194 g/mol. The lowest BCUT2D eigenvalue weighted by molar-refractivity contribution is -0.126. The maximum atomic E-state index is 11.2. The summed E-state index contributed by atoms with van der Waals surface area (Å²) in [5.74, 6) is 0.633. The number of hydrogen-bond donors (Lipinski definition) is 1. The van der Waals surface area contributed by atoms with E-state index in [0.717, 1.165) is 5.56 Å². The summed E-state index contributed by atoms with van der Waals surface area (Å²) in [5.41, 5.74) is 1.01. The normalized spacial score (nSPS) is 9.64. The molecular weight excluding hydrogens is 180 g/mol. The topological polar surface area (TPSA) is 58.1 Å². The van der Waals surface area contributed by atoms with Gasteiger partial charge in [-0.2, -0.15) is 5.10 Å². The molecule has 1 amide bonds. The molecule has 1 aromatic rings. The molecule has 1 aromatic heterocycles. The number of hydrogen-bond acceptors (Lipinski definition) is 4. The van der Waals surface area contributed by atoms with Crippen molar-refractivity contribution in [2.45, 2.75) is 6.92 Å². The molecule has 0 atom stereocenters. The van der Waals surface area contributed by atoms with Gasteiger partial charge in [-0.25, -0.2) is 0 Å². The first-order valence-electron chi connectivity index (χ1n) is 4.33. The Morgan fingerprint density at radius 1 is 1.57 bits per heavy atom. The Bertz CT molecular complexity index is 324. The predicted molar refractivity (Wildman–Crippen MR) is 54.0 cm³/mol. The molecule has 0 aliphatic rings. The lowest BCUT2D eigenvalue weighted by Crippen LogP contribution is -2.28. The number of anilines is 1. The van der Waals surface area contributed by atoms with E-state index in [-0.39, 0.29) is 12.5 Å². The summed E-state index contributed by atoms with van der Waals surface area (Å²) in [4.78, 5) is 12.7. The van der Waals surface area contributed by atoms with E-state index in [1.807, 2.05) is 13.0 Å². The molecule has 0 bridgehead atoms. The molecule has 76 valence electrons. The molecule has 0 radical (unpaired) electrons. The molecule has 0 aliphatic heterocycles. The van der Waals surface area contributed by atoms with Gasteiger partial charge in [0.05, 0.1) is 12.7 Å². The van der Waals surface area contributed by atoms with Crippen molar-refractivity contribution in [1.82, 2.24) is 15.1 Å². The van der Waals surface area contributed by atoms with Gasteiger partial charge in [-0.15, -0.1) is 5.10 Å². The maximum absolute atomic E-state index is 11.2. The van der Waals surface area contributed by atoms with Gasteiger partial charge in [-0.3, -0.25) is 4.79 Å². The third-order valence-electron chi connectivity index (χ3n) is 1.71. The lowest BCUT2D eigenvalue weighted by Gasteiger charge is -2.10. The van der Waals surface area contributed by atoms with E-state index in [1.54, 1.807) is 20.3 Å². The van der Waals surface area contributed by atoms with Crippen LogP contribution in [0.5, 0.6) is 0 Å². The van der Waals surface area contributed by atoms with Gasteiger partial charge in [0.25, 0.3) is 0 Å². The van der Waals surface area contributed by atoms with Gasteiger partial charge in [0, 0.05) is 14.1 Å². The summed E-state index contributed by atoms with van der Waals surface area (Å²) in [6.07, 6.45) is 1.67. The number of amides is 1. The van der Waals surface area contributed by atoms with Gasteiger partial charge >= 0.3 is 0 Å². The summed E-state index contributed by atoms with van der Waals surface area (Å²) in [5, 5.41) is 10.5. The minimum absolute atomic E-state index is 0.00769. The average Bonchev–Trinajstić information content (AvgIpc) is 2.14. The molecule has 0 saturated carbocycles. The highest BCUT2D eigenvalue weighted by Gasteiger charge is 2.03. The van der Waals surface area contributed by atoms with Crippen LogP contribution in [0.1, 0.15) is 5.56 Å². The Balaban J connectivity index is 2.50. The van der Waals surface area contributed by atoms with Crippen LogP contribution in [0.4, 0.5) is 5.82 Å². The number of aromatic nitrogens is 2. The first-order valence-corrected chi connectivity index (χ1v) is 4.33. The van der Waals surface area contributed by atoms with Crippen LogP contribution in [0.15, 0.2) is 12.3 Å². The van der Waals surface area contributed by atoms with Gasteiger partial charge in [-0.05, 0) is 18.6 Å². The highest BCUT2D eigenvalue weighted by atomic mass is 16.2. The molecule has 0 fully saturated rings. The number of likely N-dealkylation sites (N-methyl/N-ethyl adjacent to an activating group) is 1. The summed E-state index contributed by atoms with van der Waals surface area (Å²) < 4.78 is 0. The highest BCUT2D eigenvalue weighted by molar-refractivity contribution is 5.79. The quantitative estimate of drug-likeness (QED) is 0.751. The second kappa shape index (κ2) is 4.55. The third kappa shape index (κ3) is 3.01. The van der Waals surface area contributed by atoms with E-state index in [2.05, 4.69) is 15.5 Å². The van der Waals surface area contributed by atoms with E-state index >= 15 is 0 Å². The minimum Gasteiger partial charge on any atom is -0.360 e. The fourth-order valence-electron chi connectivity index (χ4n) is 0.875. The smallest absolute Gasteiger partial charge is 0.241 e. The molecule has 0 aliphatic carbocycles. The zero-order valence-corrected chi connectivity index (χ0v) is 8.61. The second-order valence-corrected chi connectivity index (χ2v) is 3.26. The first-order chi connectivity index (χ1) is 6.59. The van der Waals surface area contributed by atoms with Crippen LogP contribution in [0.3, 0.4) is 0 Å². The molecule has 14 heavy (non-hydrogen) atoms. The molecule has 1 rings (SSSR count). The molecule has 1 heterocycles. The van der Waals surface area contributed by atoms with E-state index in [4.69, 9.17) is 0 Å². The molecule has 0 saturated heterocycles. The lowest BCUT2D eigenvalue weighted by atomic mass is 10.3. The van der Waals surface area contributed by atoms with Gasteiger partial charge in [0.1, 0.15) is 5.82 Å². The van der Waals surface area contributed by atoms with Crippen molar-refractivity contribution in [2.75, 3.05) is 26.0 Å². The van der Waals surface area contributed by atoms with E-state index < -0.39 is 0 Å². The summed E-state index contributed by atoms with van der Waals surface area (Å²) >= 11 is 0. The molecule has 0 unspecified atom stereocenters. The molecule has 1 N–H and O–H groups in total.